The molecule has 3 rings (SSSR count). The summed E-state index contributed by atoms with van der Waals surface area (Å²) in [6, 6.07) is 11.3. The Morgan fingerprint density at radius 2 is 1.89 bits per heavy atom. The Balaban J connectivity index is 2.18. The molecule has 0 saturated heterocycles. The highest BCUT2D eigenvalue weighted by molar-refractivity contribution is 7.99. The molecule has 1 aromatic heterocycles. The monoisotopic (exact) mass is 385 g/mol. The first-order chi connectivity index (χ1) is 12.9. The van der Waals surface area contributed by atoms with Gasteiger partial charge < -0.3 is 19.2 Å². The topological polar surface area (TPSA) is 62.9 Å². The van der Waals surface area contributed by atoms with Gasteiger partial charge in [0.15, 0.2) is 5.09 Å². The third kappa shape index (κ3) is 4.12. The van der Waals surface area contributed by atoms with Crippen molar-refractivity contribution >= 4 is 28.7 Å². The molecule has 3 aromatic rings. The molecule has 0 amide bonds. The number of hydrogen-bond acceptors (Lipinski definition) is 6. The van der Waals surface area contributed by atoms with Gasteiger partial charge in [-0.2, -0.15) is 0 Å². The molecule has 0 aliphatic carbocycles. The van der Waals surface area contributed by atoms with Crippen LogP contribution in [0.5, 0.6) is 5.75 Å². The summed E-state index contributed by atoms with van der Waals surface area (Å²) in [4.78, 5) is 15.6. The molecule has 0 aliphatic heterocycles. The van der Waals surface area contributed by atoms with E-state index in [1.165, 1.54) is 11.8 Å². The number of phenolic OH excluding ortho intramolecular Hbond substituents is 1. The summed E-state index contributed by atoms with van der Waals surface area (Å²) in [5.41, 5.74) is 2.74. The first-order valence-electron chi connectivity index (χ1n) is 8.74. The minimum atomic E-state index is -0.448. The van der Waals surface area contributed by atoms with Crippen LogP contribution in [0.4, 0.5) is 0 Å². The Hall–Kier alpha value is -2.44. The second kappa shape index (κ2) is 8.06. The Kier molecular flexibility index (Phi) is 5.77. The maximum Gasteiger partial charge on any atom is 0.343 e. The van der Waals surface area contributed by atoms with Crippen molar-refractivity contribution in [3.63, 3.8) is 0 Å². The second-order valence-corrected chi connectivity index (χ2v) is 7.62. The molecule has 2 aromatic carbocycles. The molecule has 0 unspecified atom stereocenters. The average Bonchev–Trinajstić information content (AvgIpc) is 2.98. The standard InChI is InChI=1S/C21H23NO4S/c1-5-25-20(24)19-18-15(12-22(3)4)16(23)10-11-17(18)26-21(19)27-14-8-6-13(2)7-9-14/h6-11,23H,5,12H2,1-4H3. The first-order valence-corrected chi connectivity index (χ1v) is 9.56. The van der Waals surface area contributed by atoms with Crippen molar-refractivity contribution in [1.82, 2.24) is 4.90 Å². The van der Waals surface area contributed by atoms with Gasteiger partial charge in [-0.05, 0) is 52.2 Å². The molecule has 0 fully saturated rings. The van der Waals surface area contributed by atoms with Crippen molar-refractivity contribution in [3.05, 3.63) is 53.1 Å². The van der Waals surface area contributed by atoms with E-state index in [1.54, 1.807) is 19.1 Å². The zero-order valence-electron chi connectivity index (χ0n) is 15.9. The lowest BCUT2D eigenvalue weighted by Gasteiger charge is -2.13. The van der Waals surface area contributed by atoms with Gasteiger partial charge >= 0.3 is 5.97 Å². The summed E-state index contributed by atoms with van der Waals surface area (Å²) in [6.45, 7) is 4.53. The highest BCUT2D eigenvalue weighted by Gasteiger charge is 2.26. The van der Waals surface area contributed by atoms with Gasteiger partial charge in [-0.25, -0.2) is 4.79 Å². The number of carbonyl (C=O) groups is 1. The molecule has 0 aliphatic rings. The van der Waals surface area contributed by atoms with E-state index in [2.05, 4.69) is 0 Å². The largest absolute Gasteiger partial charge is 0.508 e. The molecule has 142 valence electrons. The van der Waals surface area contributed by atoms with Crippen molar-refractivity contribution in [1.29, 1.82) is 0 Å². The van der Waals surface area contributed by atoms with Gasteiger partial charge in [0, 0.05) is 22.4 Å². The number of hydrogen-bond donors (Lipinski definition) is 1. The third-order valence-electron chi connectivity index (χ3n) is 4.09. The highest BCUT2D eigenvalue weighted by Crippen LogP contribution is 2.41. The van der Waals surface area contributed by atoms with Crippen LogP contribution < -0.4 is 0 Å². The SMILES string of the molecule is CCOC(=O)c1c(Sc2ccc(C)cc2)oc2ccc(O)c(CN(C)C)c12. The fourth-order valence-corrected chi connectivity index (χ4v) is 3.78. The molecule has 1 heterocycles. The molecule has 27 heavy (non-hydrogen) atoms. The number of nitrogens with zero attached hydrogens (tertiary/aromatic N) is 1. The van der Waals surface area contributed by atoms with Crippen LogP contribution in [0.25, 0.3) is 11.0 Å². The van der Waals surface area contributed by atoms with E-state index in [4.69, 9.17) is 9.15 Å². The third-order valence-corrected chi connectivity index (χ3v) is 5.07. The zero-order chi connectivity index (χ0) is 19.6. The van der Waals surface area contributed by atoms with Crippen LogP contribution in [-0.4, -0.2) is 36.7 Å². The van der Waals surface area contributed by atoms with Gasteiger partial charge in [0.1, 0.15) is 16.9 Å². The van der Waals surface area contributed by atoms with E-state index < -0.39 is 5.97 Å². The summed E-state index contributed by atoms with van der Waals surface area (Å²) >= 11 is 1.37. The number of ether oxygens (including phenoxy) is 1. The number of carbonyl (C=O) groups excluding carboxylic acids is 1. The Labute approximate surface area is 162 Å². The van der Waals surface area contributed by atoms with Gasteiger partial charge in [-0.1, -0.05) is 29.5 Å². The van der Waals surface area contributed by atoms with E-state index in [9.17, 15) is 9.90 Å². The van der Waals surface area contributed by atoms with E-state index in [0.29, 0.717) is 33.7 Å². The lowest BCUT2D eigenvalue weighted by molar-refractivity contribution is 0.0521. The molecule has 0 spiro atoms. The van der Waals surface area contributed by atoms with Gasteiger partial charge in [0.25, 0.3) is 0 Å². The van der Waals surface area contributed by atoms with Crippen LogP contribution in [-0.2, 0) is 11.3 Å². The smallest absolute Gasteiger partial charge is 0.343 e. The summed E-state index contributed by atoms with van der Waals surface area (Å²) in [6.07, 6.45) is 0. The van der Waals surface area contributed by atoms with Crippen LogP contribution in [0.15, 0.2) is 50.8 Å². The minimum Gasteiger partial charge on any atom is -0.508 e. The molecular formula is C21H23NO4S. The van der Waals surface area contributed by atoms with Gasteiger partial charge in [-0.15, -0.1) is 0 Å². The quantitative estimate of drug-likeness (QED) is 0.613. The van der Waals surface area contributed by atoms with Crippen molar-refractivity contribution < 1.29 is 19.1 Å². The highest BCUT2D eigenvalue weighted by atomic mass is 32.2. The number of furan rings is 1. The van der Waals surface area contributed by atoms with E-state index in [0.717, 1.165) is 10.5 Å². The maximum absolute atomic E-state index is 12.7. The minimum absolute atomic E-state index is 0.134. The van der Waals surface area contributed by atoms with Crippen LogP contribution >= 0.6 is 11.8 Å². The number of benzene rings is 2. The Morgan fingerprint density at radius 3 is 2.52 bits per heavy atom. The number of aryl methyl sites for hydroxylation is 1. The molecule has 0 bridgehead atoms. The summed E-state index contributed by atoms with van der Waals surface area (Å²) in [7, 11) is 3.81. The van der Waals surface area contributed by atoms with Crippen LogP contribution in [0, 0.1) is 6.92 Å². The van der Waals surface area contributed by atoms with Crippen molar-refractivity contribution in [3.8, 4) is 5.75 Å². The molecule has 5 nitrogen and oxygen atoms in total. The van der Waals surface area contributed by atoms with Gasteiger partial charge in [0.2, 0.25) is 0 Å². The number of rotatable bonds is 6. The number of esters is 1. The van der Waals surface area contributed by atoms with Gasteiger partial charge in [0.05, 0.1) is 6.61 Å². The fraction of sp³-hybridized carbons (Fsp3) is 0.286. The second-order valence-electron chi connectivity index (χ2n) is 6.57. The average molecular weight is 385 g/mol. The molecule has 0 atom stereocenters. The van der Waals surface area contributed by atoms with Crippen molar-refractivity contribution in [2.45, 2.75) is 30.4 Å². The summed E-state index contributed by atoms with van der Waals surface area (Å²) < 4.78 is 11.3. The Bertz CT molecular complexity index is 960. The number of aromatic hydroxyl groups is 1. The molecule has 1 N–H and O–H groups in total. The van der Waals surface area contributed by atoms with Crippen molar-refractivity contribution in [2.24, 2.45) is 0 Å². The van der Waals surface area contributed by atoms with E-state index in [-0.39, 0.29) is 12.4 Å². The fourth-order valence-electron chi connectivity index (χ4n) is 2.88. The van der Waals surface area contributed by atoms with Crippen molar-refractivity contribution in [2.75, 3.05) is 20.7 Å². The first kappa shape index (κ1) is 19.3. The summed E-state index contributed by atoms with van der Waals surface area (Å²) in [5.74, 6) is -0.314. The summed E-state index contributed by atoms with van der Waals surface area (Å²) in [5, 5.41) is 11.5. The van der Waals surface area contributed by atoms with Crippen LogP contribution in [0.1, 0.15) is 28.4 Å². The lowest BCUT2D eigenvalue weighted by atomic mass is 10.0. The predicted molar refractivity (Wildman–Crippen MR) is 107 cm³/mol. The van der Waals surface area contributed by atoms with E-state index >= 15 is 0 Å². The predicted octanol–water partition coefficient (Wildman–Crippen LogP) is 4.84. The molecule has 6 heteroatoms. The molecule has 0 radical (unpaired) electrons. The normalized spacial score (nSPS) is 11.3. The number of phenols is 1. The lowest BCUT2D eigenvalue weighted by Crippen LogP contribution is -2.12. The van der Waals surface area contributed by atoms with Gasteiger partial charge in [-0.3, -0.25) is 0 Å². The van der Waals surface area contributed by atoms with E-state index in [1.807, 2.05) is 50.2 Å². The van der Waals surface area contributed by atoms with Crippen LogP contribution in [0.3, 0.4) is 0 Å². The number of fused-ring (bicyclic) bond motifs is 1. The molecular weight excluding hydrogens is 362 g/mol. The Morgan fingerprint density at radius 1 is 1.19 bits per heavy atom. The molecule has 0 saturated carbocycles. The van der Waals surface area contributed by atoms with Crippen LogP contribution in [0.2, 0.25) is 0 Å². The zero-order valence-corrected chi connectivity index (χ0v) is 16.7. The maximum atomic E-state index is 12.7.